The number of aryl methyl sites for hydroxylation is 3. The van der Waals surface area contributed by atoms with E-state index in [0.717, 1.165) is 22.3 Å². The number of nitrogens with one attached hydrogen (secondary N) is 2. The molecule has 200 valence electrons. The number of ketones is 1. The monoisotopic (exact) mass is 530 g/mol. The van der Waals surface area contributed by atoms with Gasteiger partial charge < -0.3 is 15.5 Å². The molecule has 1 heterocycles. The third-order valence-electron chi connectivity index (χ3n) is 6.75. The molecule has 0 saturated carbocycles. The van der Waals surface area contributed by atoms with E-state index in [-0.39, 0.29) is 12.3 Å². The van der Waals surface area contributed by atoms with Crippen LogP contribution in [-0.4, -0.2) is 36.1 Å². The van der Waals surface area contributed by atoms with Crippen LogP contribution < -0.4 is 15.5 Å². The molecule has 0 radical (unpaired) electrons. The molecule has 7 heteroatoms. The van der Waals surface area contributed by atoms with Gasteiger partial charge >= 0.3 is 6.03 Å². The second-order valence-corrected chi connectivity index (χ2v) is 9.90. The Morgan fingerprint density at radius 2 is 1.48 bits per heavy atom. The largest absolute Gasteiger partial charge is 0.321 e. The molecule has 4 aromatic carbocycles. The Morgan fingerprint density at radius 1 is 0.825 bits per heavy atom. The number of anilines is 2. The number of fused-ring (bicyclic) bond motifs is 1. The van der Waals surface area contributed by atoms with Crippen molar-refractivity contribution in [1.82, 2.24) is 5.32 Å². The Morgan fingerprint density at radius 3 is 2.20 bits per heavy atom. The summed E-state index contributed by atoms with van der Waals surface area (Å²) in [6, 6.07) is 29.3. The van der Waals surface area contributed by atoms with Crippen LogP contribution in [0.5, 0.6) is 0 Å². The predicted molar refractivity (Wildman–Crippen MR) is 158 cm³/mol. The standard InChI is InChI=1S/C33H30N4O3/c1-21-17-22(2)19-25(18-21)34-33(40)36-31-32(39)37(20-29(38)26-14-8-7-11-23(26)3)28-16-10-9-15-27(28)30(35-31)24-12-5-4-6-13-24/h4-19,31H,20H2,1-3H3,(H2,34,36,40). The van der Waals surface area contributed by atoms with E-state index in [4.69, 9.17) is 4.99 Å². The Bertz CT molecular complexity index is 1610. The van der Waals surface area contributed by atoms with Gasteiger partial charge in [-0.05, 0) is 55.7 Å². The smallest absolute Gasteiger partial charge is 0.308 e. The van der Waals surface area contributed by atoms with Gasteiger partial charge in [0.05, 0.1) is 17.9 Å². The number of urea groups is 1. The predicted octanol–water partition coefficient (Wildman–Crippen LogP) is 5.83. The van der Waals surface area contributed by atoms with Gasteiger partial charge in [-0.3, -0.25) is 9.59 Å². The van der Waals surface area contributed by atoms with E-state index in [1.54, 1.807) is 18.2 Å². The Balaban J connectivity index is 1.54. The van der Waals surface area contributed by atoms with Gasteiger partial charge in [0, 0.05) is 22.4 Å². The minimum atomic E-state index is -1.27. The third kappa shape index (κ3) is 5.68. The molecule has 1 atom stereocenters. The molecule has 0 bridgehead atoms. The van der Waals surface area contributed by atoms with Crippen LogP contribution in [0.1, 0.15) is 38.2 Å². The first-order chi connectivity index (χ1) is 19.3. The van der Waals surface area contributed by atoms with Crippen molar-refractivity contribution in [2.75, 3.05) is 16.8 Å². The lowest BCUT2D eigenvalue weighted by atomic mass is 9.99. The fourth-order valence-corrected chi connectivity index (χ4v) is 4.97. The van der Waals surface area contributed by atoms with Crippen LogP contribution in [0.3, 0.4) is 0 Å². The van der Waals surface area contributed by atoms with E-state index >= 15 is 0 Å². The number of aliphatic imine (C=N–C) groups is 1. The van der Waals surface area contributed by atoms with Crippen molar-refractivity contribution < 1.29 is 14.4 Å². The van der Waals surface area contributed by atoms with Gasteiger partial charge in [0.1, 0.15) is 0 Å². The number of hydrogen-bond acceptors (Lipinski definition) is 4. The highest BCUT2D eigenvalue weighted by Crippen LogP contribution is 2.29. The van der Waals surface area contributed by atoms with Gasteiger partial charge in [0.15, 0.2) is 5.78 Å². The molecule has 0 aliphatic carbocycles. The Labute approximate surface area is 233 Å². The maximum atomic E-state index is 14.1. The average Bonchev–Trinajstić information content (AvgIpc) is 3.04. The number of Topliss-reactive ketones (excluding diaryl/α,β-unsaturated/α-hetero) is 1. The van der Waals surface area contributed by atoms with Crippen LogP contribution >= 0.6 is 0 Å². The maximum absolute atomic E-state index is 14.1. The lowest BCUT2D eigenvalue weighted by Gasteiger charge is -2.25. The van der Waals surface area contributed by atoms with Gasteiger partial charge in [-0.15, -0.1) is 0 Å². The molecule has 1 aliphatic heterocycles. The molecule has 40 heavy (non-hydrogen) atoms. The first-order valence-electron chi connectivity index (χ1n) is 13.1. The summed E-state index contributed by atoms with van der Waals surface area (Å²) in [6.07, 6.45) is -1.27. The van der Waals surface area contributed by atoms with Crippen molar-refractivity contribution in [2.24, 2.45) is 4.99 Å². The fraction of sp³-hybridized carbons (Fsp3) is 0.152. The highest BCUT2D eigenvalue weighted by molar-refractivity contribution is 6.21. The van der Waals surface area contributed by atoms with Crippen molar-refractivity contribution in [3.8, 4) is 0 Å². The van der Waals surface area contributed by atoms with Crippen LogP contribution in [0.15, 0.2) is 102 Å². The van der Waals surface area contributed by atoms with Crippen molar-refractivity contribution in [2.45, 2.75) is 26.9 Å². The first-order valence-corrected chi connectivity index (χ1v) is 13.1. The minimum absolute atomic E-state index is 0.199. The number of benzodiazepines with no additional fused rings is 1. The lowest BCUT2D eigenvalue weighted by molar-refractivity contribution is -0.120. The SMILES string of the molecule is Cc1cc(C)cc(NC(=O)NC2N=C(c3ccccc3)c3ccccc3N(CC(=O)c3ccccc3C)C2=O)c1. The minimum Gasteiger partial charge on any atom is -0.308 e. The number of para-hydroxylation sites is 1. The number of hydrogen-bond donors (Lipinski definition) is 2. The van der Waals surface area contributed by atoms with Gasteiger partial charge in [-0.1, -0.05) is 78.9 Å². The molecule has 1 unspecified atom stereocenters. The molecule has 2 N–H and O–H groups in total. The first kappa shape index (κ1) is 26.6. The van der Waals surface area contributed by atoms with E-state index in [1.165, 1.54) is 4.90 Å². The van der Waals surface area contributed by atoms with Crippen LogP contribution in [0.4, 0.5) is 16.2 Å². The summed E-state index contributed by atoms with van der Waals surface area (Å²) in [5.74, 6) is -0.710. The van der Waals surface area contributed by atoms with E-state index in [0.29, 0.717) is 28.2 Å². The summed E-state index contributed by atoms with van der Waals surface area (Å²) in [7, 11) is 0. The van der Waals surface area contributed by atoms with E-state index in [2.05, 4.69) is 10.6 Å². The van der Waals surface area contributed by atoms with Crippen molar-refractivity contribution >= 4 is 34.8 Å². The molecule has 0 aromatic heterocycles. The second-order valence-electron chi connectivity index (χ2n) is 9.90. The van der Waals surface area contributed by atoms with Gasteiger partial charge in [0.2, 0.25) is 6.17 Å². The van der Waals surface area contributed by atoms with Crippen LogP contribution in [0.25, 0.3) is 0 Å². The zero-order valence-corrected chi connectivity index (χ0v) is 22.6. The second kappa shape index (κ2) is 11.4. The summed E-state index contributed by atoms with van der Waals surface area (Å²) in [5.41, 5.74) is 6.56. The topological polar surface area (TPSA) is 90.9 Å². The molecule has 4 aromatic rings. The molecule has 1 aliphatic rings. The molecule has 5 rings (SSSR count). The van der Waals surface area contributed by atoms with Gasteiger partial charge in [-0.25, -0.2) is 9.79 Å². The Hall–Kier alpha value is -5.04. The number of carbonyl (C=O) groups is 3. The van der Waals surface area contributed by atoms with E-state index in [1.807, 2.05) is 99.6 Å². The summed E-state index contributed by atoms with van der Waals surface area (Å²) < 4.78 is 0. The zero-order valence-electron chi connectivity index (χ0n) is 22.6. The lowest BCUT2D eigenvalue weighted by Crippen LogP contribution is -2.50. The van der Waals surface area contributed by atoms with Crippen molar-refractivity contribution in [3.05, 3.63) is 130 Å². The maximum Gasteiger partial charge on any atom is 0.321 e. The van der Waals surface area contributed by atoms with Crippen molar-refractivity contribution in [1.29, 1.82) is 0 Å². The molecule has 3 amide bonds. The summed E-state index contributed by atoms with van der Waals surface area (Å²) in [5, 5.41) is 5.56. The van der Waals surface area contributed by atoms with Crippen LogP contribution in [-0.2, 0) is 4.79 Å². The zero-order chi connectivity index (χ0) is 28.2. The molecule has 0 fully saturated rings. The van der Waals surface area contributed by atoms with Crippen LogP contribution in [0, 0.1) is 20.8 Å². The molecule has 0 spiro atoms. The van der Waals surface area contributed by atoms with E-state index in [9.17, 15) is 14.4 Å². The Kier molecular flexibility index (Phi) is 7.55. The average molecular weight is 531 g/mol. The number of carbonyl (C=O) groups excluding carboxylic acids is 3. The summed E-state index contributed by atoms with van der Waals surface area (Å²) >= 11 is 0. The van der Waals surface area contributed by atoms with Crippen LogP contribution in [0.2, 0.25) is 0 Å². The summed E-state index contributed by atoms with van der Waals surface area (Å²) in [6.45, 7) is 5.56. The molecule has 0 saturated heterocycles. The number of rotatable bonds is 6. The van der Waals surface area contributed by atoms with Crippen molar-refractivity contribution in [3.63, 3.8) is 0 Å². The summed E-state index contributed by atoms with van der Waals surface area (Å²) in [4.78, 5) is 46.9. The number of benzene rings is 4. The van der Waals surface area contributed by atoms with E-state index < -0.39 is 18.1 Å². The van der Waals surface area contributed by atoms with Gasteiger partial charge in [0.25, 0.3) is 5.91 Å². The normalized spacial score (nSPS) is 14.6. The third-order valence-corrected chi connectivity index (χ3v) is 6.75. The molecular weight excluding hydrogens is 500 g/mol. The molecular formula is C33H30N4O3. The highest BCUT2D eigenvalue weighted by Gasteiger charge is 2.34. The van der Waals surface area contributed by atoms with Gasteiger partial charge in [-0.2, -0.15) is 0 Å². The number of amides is 3. The highest BCUT2D eigenvalue weighted by atomic mass is 16.2. The number of nitrogens with zero attached hydrogens (tertiary/aromatic N) is 2. The fourth-order valence-electron chi connectivity index (χ4n) is 4.97. The quantitative estimate of drug-likeness (QED) is 0.308. The molecule has 7 nitrogen and oxygen atoms in total.